The molecule has 1 atom stereocenters. The van der Waals surface area contributed by atoms with Gasteiger partial charge in [-0.25, -0.2) is 14.4 Å². The first-order valence-electron chi connectivity index (χ1n) is 8.87. The van der Waals surface area contributed by atoms with Gasteiger partial charge in [0.25, 0.3) is 0 Å². The van der Waals surface area contributed by atoms with E-state index in [0.29, 0.717) is 19.4 Å². The Kier molecular flexibility index (Phi) is 6.27. The van der Waals surface area contributed by atoms with Crippen LogP contribution in [0.1, 0.15) is 54.3 Å². The summed E-state index contributed by atoms with van der Waals surface area (Å²) in [6, 6.07) is 3.41. The molecule has 1 unspecified atom stereocenters. The van der Waals surface area contributed by atoms with E-state index in [9.17, 15) is 19.2 Å². The molecule has 1 aromatic carbocycles. The van der Waals surface area contributed by atoms with Crippen molar-refractivity contribution in [3.63, 3.8) is 0 Å². The molecule has 0 aromatic heterocycles. The molecule has 2 rings (SSSR count). The molecule has 152 valence electrons. The average molecular weight is 392 g/mol. The monoisotopic (exact) mass is 392 g/mol. The summed E-state index contributed by atoms with van der Waals surface area (Å²) < 4.78 is 5.33. The van der Waals surface area contributed by atoms with E-state index in [2.05, 4.69) is 5.32 Å². The number of hydrogen-bond donors (Lipinski definition) is 3. The largest absolute Gasteiger partial charge is 0.478 e. The van der Waals surface area contributed by atoms with Crippen LogP contribution in [0.25, 0.3) is 0 Å². The third-order valence-electron chi connectivity index (χ3n) is 4.14. The highest BCUT2D eigenvalue weighted by atomic mass is 16.6. The number of anilines is 1. The van der Waals surface area contributed by atoms with Gasteiger partial charge in [0, 0.05) is 18.8 Å². The number of nitrogens with zero attached hydrogens (tertiary/aromatic N) is 1. The van der Waals surface area contributed by atoms with Crippen molar-refractivity contribution >= 4 is 29.6 Å². The second kappa shape index (κ2) is 8.28. The van der Waals surface area contributed by atoms with Crippen LogP contribution in [0.15, 0.2) is 18.2 Å². The van der Waals surface area contributed by atoms with Gasteiger partial charge in [0.1, 0.15) is 5.60 Å². The standard InChI is InChI=1S/C19H24N2O7/c1-19(2,3)28-18(27)21-6-4-5-11(10-21)15(22)20-14-8-12(16(23)24)7-13(9-14)17(25)26/h7-9,11H,4-6,10H2,1-3H3,(H,20,22)(H,23,24)(H,25,26). The number of nitrogens with one attached hydrogen (secondary N) is 1. The first-order valence-corrected chi connectivity index (χ1v) is 8.87. The van der Waals surface area contributed by atoms with Crippen LogP contribution in [0, 0.1) is 5.92 Å². The lowest BCUT2D eigenvalue weighted by atomic mass is 9.97. The zero-order chi connectivity index (χ0) is 21.1. The topological polar surface area (TPSA) is 133 Å². The highest BCUT2D eigenvalue weighted by Gasteiger charge is 2.31. The number of carboxylic acid groups (broad SMARTS) is 2. The van der Waals surface area contributed by atoms with E-state index in [1.54, 1.807) is 20.8 Å². The summed E-state index contributed by atoms with van der Waals surface area (Å²) in [5, 5.41) is 20.8. The SMILES string of the molecule is CC(C)(C)OC(=O)N1CCCC(C(=O)Nc2cc(C(=O)O)cc(C(=O)O)c2)C1. The lowest BCUT2D eigenvalue weighted by molar-refractivity contribution is -0.121. The molecule has 0 aliphatic carbocycles. The van der Waals surface area contributed by atoms with Gasteiger partial charge in [0.15, 0.2) is 0 Å². The van der Waals surface area contributed by atoms with E-state index in [0.717, 1.165) is 6.07 Å². The summed E-state index contributed by atoms with van der Waals surface area (Å²) >= 11 is 0. The molecular weight excluding hydrogens is 368 g/mol. The lowest BCUT2D eigenvalue weighted by Crippen LogP contribution is -2.45. The number of amides is 2. The van der Waals surface area contributed by atoms with Crippen LogP contribution < -0.4 is 5.32 Å². The molecule has 1 heterocycles. The number of piperidine rings is 1. The summed E-state index contributed by atoms with van der Waals surface area (Å²) in [7, 11) is 0. The first kappa shape index (κ1) is 21.2. The van der Waals surface area contributed by atoms with Gasteiger partial charge in [-0.05, 0) is 51.8 Å². The van der Waals surface area contributed by atoms with Gasteiger partial charge in [0.2, 0.25) is 5.91 Å². The van der Waals surface area contributed by atoms with Crippen molar-refractivity contribution in [1.82, 2.24) is 4.90 Å². The number of benzene rings is 1. The summed E-state index contributed by atoms with van der Waals surface area (Å²) in [6.45, 7) is 5.93. The summed E-state index contributed by atoms with van der Waals surface area (Å²) in [5.41, 5.74) is -1.04. The number of carbonyl (C=O) groups is 4. The van der Waals surface area contributed by atoms with E-state index >= 15 is 0 Å². The molecule has 1 aliphatic rings. The smallest absolute Gasteiger partial charge is 0.410 e. The van der Waals surface area contributed by atoms with Crippen molar-refractivity contribution in [2.45, 2.75) is 39.2 Å². The maximum atomic E-state index is 12.6. The predicted molar refractivity (Wildman–Crippen MR) is 99.5 cm³/mol. The third kappa shape index (κ3) is 5.70. The molecular formula is C19H24N2O7. The molecule has 1 aromatic rings. The number of carboxylic acids is 2. The molecule has 3 N–H and O–H groups in total. The average Bonchev–Trinajstić information content (AvgIpc) is 2.60. The van der Waals surface area contributed by atoms with Crippen LogP contribution in [0.4, 0.5) is 10.5 Å². The Bertz CT molecular complexity index is 766. The molecule has 0 radical (unpaired) electrons. The minimum absolute atomic E-state index is 0.0803. The van der Waals surface area contributed by atoms with Crippen LogP contribution in [0.2, 0.25) is 0 Å². The fraction of sp³-hybridized carbons (Fsp3) is 0.474. The quantitative estimate of drug-likeness (QED) is 0.717. The second-order valence-corrected chi connectivity index (χ2v) is 7.66. The zero-order valence-electron chi connectivity index (χ0n) is 16.0. The van der Waals surface area contributed by atoms with Crippen LogP contribution >= 0.6 is 0 Å². The van der Waals surface area contributed by atoms with Crippen LogP contribution in [-0.4, -0.2) is 57.7 Å². The van der Waals surface area contributed by atoms with Gasteiger partial charge in [-0.2, -0.15) is 0 Å². The maximum absolute atomic E-state index is 12.6. The summed E-state index contributed by atoms with van der Waals surface area (Å²) in [4.78, 5) is 48.7. The maximum Gasteiger partial charge on any atom is 0.410 e. The Morgan fingerprint density at radius 1 is 1.07 bits per heavy atom. The van der Waals surface area contributed by atoms with Crippen molar-refractivity contribution < 1.29 is 34.1 Å². The van der Waals surface area contributed by atoms with E-state index in [4.69, 9.17) is 14.9 Å². The van der Waals surface area contributed by atoms with Crippen LogP contribution in [0.5, 0.6) is 0 Å². The highest BCUT2D eigenvalue weighted by Crippen LogP contribution is 2.22. The number of ether oxygens (including phenoxy) is 1. The predicted octanol–water partition coefficient (Wildman–Crippen LogP) is 2.67. The molecule has 1 fully saturated rings. The number of carbonyl (C=O) groups excluding carboxylic acids is 2. The fourth-order valence-electron chi connectivity index (χ4n) is 2.87. The third-order valence-corrected chi connectivity index (χ3v) is 4.14. The van der Waals surface area contributed by atoms with Crippen molar-refractivity contribution in [3.05, 3.63) is 29.3 Å². The van der Waals surface area contributed by atoms with Crippen molar-refractivity contribution in [3.8, 4) is 0 Å². The first-order chi connectivity index (χ1) is 13.0. The fourth-order valence-corrected chi connectivity index (χ4v) is 2.87. The summed E-state index contributed by atoms with van der Waals surface area (Å²) in [5.74, 6) is -3.52. The number of aromatic carboxylic acids is 2. The van der Waals surface area contributed by atoms with Gasteiger partial charge in [-0.3, -0.25) is 4.79 Å². The normalized spacial score (nSPS) is 17.0. The molecule has 28 heavy (non-hydrogen) atoms. The Labute approximate surface area is 162 Å². The number of likely N-dealkylation sites (tertiary alicyclic amines) is 1. The molecule has 1 saturated heterocycles. The van der Waals surface area contributed by atoms with Gasteiger partial charge >= 0.3 is 18.0 Å². The molecule has 9 nitrogen and oxygen atoms in total. The molecule has 2 amide bonds. The lowest BCUT2D eigenvalue weighted by Gasteiger charge is -2.33. The van der Waals surface area contributed by atoms with Crippen molar-refractivity contribution in [1.29, 1.82) is 0 Å². The van der Waals surface area contributed by atoms with E-state index in [1.807, 2.05) is 0 Å². The van der Waals surface area contributed by atoms with E-state index in [1.165, 1.54) is 17.0 Å². The number of hydrogen-bond acceptors (Lipinski definition) is 5. The Hall–Kier alpha value is -3.10. The van der Waals surface area contributed by atoms with Crippen LogP contribution in [-0.2, 0) is 9.53 Å². The zero-order valence-corrected chi connectivity index (χ0v) is 16.0. The van der Waals surface area contributed by atoms with Crippen molar-refractivity contribution in [2.75, 3.05) is 18.4 Å². The van der Waals surface area contributed by atoms with E-state index in [-0.39, 0.29) is 23.4 Å². The van der Waals surface area contributed by atoms with Gasteiger partial charge < -0.3 is 25.2 Å². The summed E-state index contributed by atoms with van der Waals surface area (Å²) in [6.07, 6.45) is 0.675. The van der Waals surface area contributed by atoms with Gasteiger partial charge in [-0.15, -0.1) is 0 Å². The van der Waals surface area contributed by atoms with Crippen molar-refractivity contribution in [2.24, 2.45) is 5.92 Å². The Morgan fingerprint density at radius 3 is 2.14 bits per heavy atom. The molecule has 0 saturated carbocycles. The molecule has 1 aliphatic heterocycles. The minimum Gasteiger partial charge on any atom is -0.478 e. The number of rotatable bonds is 4. The molecule has 0 spiro atoms. The minimum atomic E-state index is -1.30. The molecule has 0 bridgehead atoms. The Morgan fingerprint density at radius 2 is 1.64 bits per heavy atom. The van der Waals surface area contributed by atoms with Gasteiger partial charge in [0.05, 0.1) is 17.0 Å². The van der Waals surface area contributed by atoms with E-state index < -0.39 is 35.5 Å². The van der Waals surface area contributed by atoms with Gasteiger partial charge in [-0.1, -0.05) is 0 Å². The second-order valence-electron chi connectivity index (χ2n) is 7.66. The molecule has 9 heteroatoms. The highest BCUT2D eigenvalue weighted by molar-refractivity contribution is 5.99. The van der Waals surface area contributed by atoms with Crippen LogP contribution in [0.3, 0.4) is 0 Å². The Balaban J connectivity index is 2.11.